The molecule has 2 N–H and O–H groups in total. The lowest BCUT2D eigenvalue weighted by Gasteiger charge is -2.15. The molecule has 0 aliphatic rings. The number of benzene rings is 1. The maximum atomic E-state index is 12.5. The van der Waals surface area contributed by atoms with Crippen LogP contribution in [0.25, 0.3) is 11.0 Å². The zero-order valence-corrected chi connectivity index (χ0v) is 18.0. The van der Waals surface area contributed by atoms with E-state index in [-0.39, 0.29) is 5.91 Å². The van der Waals surface area contributed by atoms with E-state index in [0.717, 1.165) is 33.3 Å². The van der Waals surface area contributed by atoms with Crippen LogP contribution in [0, 0.1) is 13.8 Å². The second-order valence-electron chi connectivity index (χ2n) is 6.96. The van der Waals surface area contributed by atoms with Gasteiger partial charge in [0.1, 0.15) is 11.2 Å². The first kappa shape index (κ1) is 19.4. The Morgan fingerprint density at radius 3 is 2.70 bits per heavy atom. The summed E-state index contributed by atoms with van der Waals surface area (Å²) in [4.78, 5) is 22.0. The zero-order chi connectivity index (χ0) is 19.7. The number of rotatable bonds is 5. The van der Waals surface area contributed by atoms with Gasteiger partial charge in [0.05, 0.1) is 15.7 Å². The van der Waals surface area contributed by atoms with Crippen LogP contribution in [0.2, 0.25) is 0 Å². The Morgan fingerprint density at radius 1 is 1.30 bits per heavy atom. The molecule has 0 aliphatic heterocycles. The van der Waals surface area contributed by atoms with E-state index in [1.807, 2.05) is 13.0 Å². The Bertz CT molecular complexity index is 1010. The molecule has 5 nitrogen and oxygen atoms in total. The van der Waals surface area contributed by atoms with Crippen molar-refractivity contribution in [1.29, 1.82) is 0 Å². The molecule has 0 spiro atoms. The lowest BCUT2D eigenvalue weighted by Crippen LogP contribution is -2.23. The lowest BCUT2D eigenvalue weighted by atomic mass is 10.00. The predicted molar refractivity (Wildman–Crippen MR) is 114 cm³/mol. The monoisotopic (exact) mass is 428 g/mol. The number of hydrogen-bond donors (Lipinski definition) is 2. The number of carbonyl (C=O) groups is 1. The standard InChI is InChI=1S/C21H25BrN4O/c1-6-14-9-7-8-12(2)15(14)11-23-16-10-17(21(27)26(4)5)25-20-18(22)13(3)24-19(16)20/h7-10,24H,6,11H2,1-5H3,(H,23,25). The second kappa shape index (κ2) is 7.72. The summed E-state index contributed by atoms with van der Waals surface area (Å²) in [6.45, 7) is 6.98. The molecule has 0 aliphatic carbocycles. The third kappa shape index (κ3) is 3.72. The van der Waals surface area contributed by atoms with Crippen LogP contribution in [0.5, 0.6) is 0 Å². The van der Waals surface area contributed by atoms with Crippen LogP contribution in [0.3, 0.4) is 0 Å². The molecule has 0 saturated heterocycles. The van der Waals surface area contributed by atoms with E-state index in [0.29, 0.717) is 12.2 Å². The van der Waals surface area contributed by atoms with Crippen LogP contribution in [-0.4, -0.2) is 34.9 Å². The first-order valence-corrected chi connectivity index (χ1v) is 9.84. The second-order valence-corrected chi connectivity index (χ2v) is 7.75. The number of fused-ring (bicyclic) bond motifs is 1. The van der Waals surface area contributed by atoms with Crippen LogP contribution in [-0.2, 0) is 13.0 Å². The molecule has 27 heavy (non-hydrogen) atoms. The van der Waals surface area contributed by atoms with Gasteiger partial charge in [-0.15, -0.1) is 0 Å². The van der Waals surface area contributed by atoms with Crippen LogP contribution >= 0.6 is 15.9 Å². The number of nitrogens with one attached hydrogen (secondary N) is 2. The highest BCUT2D eigenvalue weighted by molar-refractivity contribution is 9.10. The van der Waals surface area contributed by atoms with Gasteiger partial charge in [-0.05, 0) is 59.0 Å². The van der Waals surface area contributed by atoms with Crippen molar-refractivity contribution in [1.82, 2.24) is 14.9 Å². The number of amides is 1. The molecule has 0 unspecified atom stereocenters. The van der Waals surface area contributed by atoms with Crippen molar-refractivity contribution in [2.75, 3.05) is 19.4 Å². The van der Waals surface area contributed by atoms with Crippen molar-refractivity contribution < 1.29 is 4.79 Å². The average Bonchev–Trinajstić information content (AvgIpc) is 2.94. The van der Waals surface area contributed by atoms with Crippen LogP contribution in [0.4, 0.5) is 5.69 Å². The van der Waals surface area contributed by atoms with Crippen molar-refractivity contribution in [2.45, 2.75) is 33.7 Å². The Balaban J connectivity index is 2.05. The topological polar surface area (TPSA) is 61.0 Å². The molecule has 0 saturated carbocycles. The van der Waals surface area contributed by atoms with E-state index in [1.165, 1.54) is 16.7 Å². The summed E-state index contributed by atoms with van der Waals surface area (Å²) in [6.07, 6.45) is 0.988. The third-order valence-corrected chi connectivity index (χ3v) is 5.81. The van der Waals surface area contributed by atoms with Gasteiger partial charge in [0.15, 0.2) is 0 Å². The summed E-state index contributed by atoms with van der Waals surface area (Å²) in [5, 5.41) is 3.53. The molecular formula is C21H25BrN4O. The highest BCUT2D eigenvalue weighted by Crippen LogP contribution is 2.32. The molecule has 0 bridgehead atoms. The van der Waals surface area contributed by atoms with Gasteiger partial charge >= 0.3 is 0 Å². The van der Waals surface area contributed by atoms with E-state index in [9.17, 15) is 4.79 Å². The smallest absolute Gasteiger partial charge is 0.272 e. The molecule has 3 aromatic rings. The van der Waals surface area contributed by atoms with Crippen LogP contribution in [0.1, 0.15) is 39.8 Å². The molecule has 1 amide bonds. The summed E-state index contributed by atoms with van der Waals surface area (Å²) < 4.78 is 0.888. The quantitative estimate of drug-likeness (QED) is 0.612. The Labute approximate surface area is 168 Å². The number of H-pyrrole nitrogens is 1. The van der Waals surface area contributed by atoms with Crippen LogP contribution < -0.4 is 5.32 Å². The van der Waals surface area contributed by atoms with Crippen molar-refractivity contribution >= 4 is 38.6 Å². The molecule has 2 heterocycles. The normalized spacial score (nSPS) is 11.0. The van der Waals surface area contributed by atoms with Gasteiger partial charge < -0.3 is 15.2 Å². The van der Waals surface area contributed by atoms with E-state index in [1.54, 1.807) is 19.0 Å². The summed E-state index contributed by atoms with van der Waals surface area (Å²) in [5.74, 6) is -0.115. The number of aromatic amines is 1. The lowest BCUT2D eigenvalue weighted by molar-refractivity contribution is 0.0822. The zero-order valence-electron chi connectivity index (χ0n) is 16.4. The Hall–Kier alpha value is -2.34. The number of anilines is 1. The summed E-state index contributed by atoms with van der Waals surface area (Å²) >= 11 is 3.59. The maximum Gasteiger partial charge on any atom is 0.272 e. The van der Waals surface area contributed by atoms with Crippen molar-refractivity contribution in [3.05, 3.63) is 56.8 Å². The minimum absolute atomic E-state index is 0.115. The van der Waals surface area contributed by atoms with E-state index < -0.39 is 0 Å². The number of pyridine rings is 1. The molecule has 0 atom stereocenters. The number of nitrogens with zero attached hydrogens (tertiary/aromatic N) is 2. The molecule has 142 valence electrons. The number of carbonyl (C=O) groups excluding carboxylic acids is 1. The molecule has 0 radical (unpaired) electrons. The molecule has 1 aromatic carbocycles. The van der Waals surface area contributed by atoms with Crippen molar-refractivity contribution in [2.24, 2.45) is 0 Å². The summed E-state index contributed by atoms with van der Waals surface area (Å²) in [6, 6.07) is 8.23. The Kier molecular flexibility index (Phi) is 5.56. The molecule has 2 aromatic heterocycles. The van der Waals surface area contributed by atoms with Gasteiger partial charge in [-0.25, -0.2) is 4.98 Å². The first-order chi connectivity index (χ1) is 12.8. The van der Waals surface area contributed by atoms with E-state index >= 15 is 0 Å². The molecular weight excluding hydrogens is 404 g/mol. The molecule has 6 heteroatoms. The predicted octanol–water partition coefficient (Wildman–Crippen LogP) is 4.82. The first-order valence-electron chi connectivity index (χ1n) is 9.05. The minimum Gasteiger partial charge on any atom is -0.379 e. The number of aromatic nitrogens is 2. The summed E-state index contributed by atoms with van der Waals surface area (Å²) in [7, 11) is 3.47. The molecule has 0 fully saturated rings. The largest absolute Gasteiger partial charge is 0.379 e. The van der Waals surface area contributed by atoms with Gasteiger partial charge in [0, 0.05) is 26.3 Å². The van der Waals surface area contributed by atoms with Gasteiger partial charge in [0.25, 0.3) is 5.91 Å². The highest BCUT2D eigenvalue weighted by Gasteiger charge is 2.18. The fraction of sp³-hybridized carbons (Fsp3) is 0.333. The van der Waals surface area contributed by atoms with Gasteiger partial charge in [0.2, 0.25) is 0 Å². The fourth-order valence-electron chi connectivity index (χ4n) is 3.26. The average molecular weight is 429 g/mol. The minimum atomic E-state index is -0.115. The number of halogens is 1. The number of hydrogen-bond acceptors (Lipinski definition) is 3. The fourth-order valence-corrected chi connectivity index (χ4v) is 3.65. The highest BCUT2D eigenvalue weighted by atomic mass is 79.9. The maximum absolute atomic E-state index is 12.5. The van der Waals surface area contributed by atoms with Crippen molar-refractivity contribution in [3.63, 3.8) is 0 Å². The summed E-state index contributed by atoms with van der Waals surface area (Å²) in [5.41, 5.74) is 7.86. The van der Waals surface area contributed by atoms with E-state index in [4.69, 9.17) is 0 Å². The van der Waals surface area contributed by atoms with Gasteiger partial charge in [-0.2, -0.15) is 0 Å². The van der Waals surface area contributed by atoms with Gasteiger partial charge in [-0.1, -0.05) is 25.1 Å². The SMILES string of the molecule is CCc1cccc(C)c1CNc1cc(C(=O)N(C)C)nc2c(Br)c(C)[nH]c12. The molecule has 3 rings (SSSR count). The Morgan fingerprint density at radius 2 is 2.04 bits per heavy atom. The van der Waals surface area contributed by atoms with Gasteiger partial charge in [-0.3, -0.25) is 4.79 Å². The van der Waals surface area contributed by atoms with Crippen molar-refractivity contribution in [3.8, 4) is 0 Å². The number of aryl methyl sites for hydroxylation is 3. The van der Waals surface area contributed by atoms with E-state index in [2.05, 4.69) is 63.3 Å². The third-order valence-electron chi connectivity index (χ3n) is 4.84. The van der Waals surface area contributed by atoms with Crippen LogP contribution in [0.15, 0.2) is 28.7 Å².